The minimum atomic E-state index is 0.544. The van der Waals surface area contributed by atoms with E-state index in [-0.39, 0.29) is 0 Å². The fraction of sp³-hybridized carbons (Fsp3) is 0.688. The summed E-state index contributed by atoms with van der Waals surface area (Å²) in [7, 11) is 2.19. The van der Waals surface area contributed by atoms with Gasteiger partial charge in [0.1, 0.15) is 0 Å². The van der Waals surface area contributed by atoms with Crippen LogP contribution in [0, 0.1) is 5.92 Å². The van der Waals surface area contributed by atoms with Crippen molar-refractivity contribution in [2.45, 2.75) is 45.6 Å². The van der Waals surface area contributed by atoms with E-state index in [0.717, 1.165) is 19.5 Å². The molecule has 0 aromatic carbocycles. The molecular formula is C16H28N4. The Morgan fingerprint density at radius 2 is 2.20 bits per heavy atom. The Bertz CT molecular complexity index is 441. The lowest BCUT2D eigenvalue weighted by Gasteiger charge is -2.29. The molecule has 2 heterocycles. The molecule has 1 aliphatic heterocycles. The molecular weight excluding hydrogens is 248 g/mol. The molecule has 2 N–H and O–H groups in total. The third-order valence-corrected chi connectivity index (χ3v) is 4.50. The fourth-order valence-electron chi connectivity index (χ4n) is 2.76. The predicted octanol–water partition coefficient (Wildman–Crippen LogP) is 2.89. The first-order valence-corrected chi connectivity index (χ1v) is 7.77. The van der Waals surface area contributed by atoms with Gasteiger partial charge < -0.3 is 10.6 Å². The van der Waals surface area contributed by atoms with E-state index in [4.69, 9.17) is 5.73 Å². The van der Waals surface area contributed by atoms with E-state index in [1.165, 1.54) is 30.4 Å². The maximum atomic E-state index is 5.81. The Labute approximate surface area is 122 Å². The molecule has 2 rings (SSSR count). The molecule has 0 radical (unpaired) electrons. The zero-order valence-electron chi connectivity index (χ0n) is 13.0. The van der Waals surface area contributed by atoms with Crippen molar-refractivity contribution in [3.63, 3.8) is 0 Å². The molecule has 0 bridgehead atoms. The Balaban J connectivity index is 2.04. The monoisotopic (exact) mass is 276 g/mol. The van der Waals surface area contributed by atoms with Crippen LogP contribution in [-0.4, -0.2) is 34.8 Å². The number of nitrogens with zero attached hydrogens (tertiary/aromatic N) is 3. The lowest BCUT2D eigenvalue weighted by Crippen LogP contribution is -2.31. The summed E-state index contributed by atoms with van der Waals surface area (Å²) in [4.78, 5) is 2.38. The van der Waals surface area contributed by atoms with E-state index in [2.05, 4.69) is 41.8 Å². The van der Waals surface area contributed by atoms with Gasteiger partial charge in [0.05, 0.1) is 12.2 Å². The van der Waals surface area contributed by atoms with E-state index in [1.54, 1.807) is 6.20 Å². The normalized spacial score (nSPS) is 20.2. The van der Waals surface area contributed by atoms with Gasteiger partial charge in [-0.15, -0.1) is 0 Å². The van der Waals surface area contributed by atoms with Gasteiger partial charge in [0.25, 0.3) is 0 Å². The number of nitrogens with two attached hydrogens (primary N) is 1. The van der Waals surface area contributed by atoms with Gasteiger partial charge in [-0.2, -0.15) is 5.10 Å². The van der Waals surface area contributed by atoms with Crippen LogP contribution in [0.4, 0.5) is 0 Å². The van der Waals surface area contributed by atoms with Crippen LogP contribution in [-0.2, 0) is 0 Å². The minimum absolute atomic E-state index is 0.544. The summed E-state index contributed by atoms with van der Waals surface area (Å²) in [5, 5.41) is 4.57. The van der Waals surface area contributed by atoms with Gasteiger partial charge >= 0.3 is 0 Å². The van der Waals surface area contributed by atoms with Gasteiger partial charge in [-0.25, -0.2) is 0 Å². The zero-order chi connectivity index (χ0) is 14.5. The molecule has 1 aromatic rings. The molecule has 0 amide bonds. The zero-order valence-corrected chi connectivity index (χ0v) is 13.0. The van der Waals surface area contributed by atoms with Crippen molar-refractivity contribution in [2.75, 3.05) is 20.1 Å². The van der Waals surface area contributed by atoms with Crippen molar-refractivity contribution in [2.24, 2.45) is 11.7 Å². The molecule has 0 spiro atoms. The number of hydrogen-bond acceptors (Lipinski definition) is 3. The number of allylic oxidation sites excluding steroid dienone is 1. The van der Waals surface area contributed by atoms with Crippen LogP contribution in [0.3, 0.4) is 0 Å². The van der Waals surface area contributed by atoms with Gasteiger partial charge in [-0.1, -0.05) is 20.3 Å². The number of aromatic nitrogens is 2. The van der Waals surface area contributed by atoms with Crippen LogP contribution in [0.25, 0.3) is 5.57 Å². The van der Waals surface area contributed by atoms with Crippen molar-refractivity contribution in [1.82, 2.24) is 14.7 Å². The van der Waals surface area contributed by atoms with Crippen LogP contribution < -0.4 is 5.73 Å². The highest BCUT2D eigenvalue weighted by Gasteiger charge is 2.19. The molecule has 4 heteroatoms. The SMILES string of the molecule is CCC(C)C/C(=C\N)c1cnn(C2CCN(C)CC2)c1. The Morgan fingerprint density at radius 3 is 2.80 bits per heavy atom. The molecule has 1 aromatic heterocycles. The van der Waals surface area contributed by atoms with Gasteiger partial charge in [0, 0.05) is 11.8 Å². The van der Waals surface area contributed by atoms with Crippen LogP contribution in [0.5, 0.6) is 0 Å². The van der Waals surface area contributed by atoms with Crippen molar-refractivity contribution >= 4 is 5.57 Å². The fourth-order valence-corrected chi connectivity index (χ4v) is 2.76. The van der Waals surface area contributed by atoms with E-state index >= 15 is 0 Å². The molecule has 1 aliphatic rings. The third-order valence-electron chi connectivity index (χ3n) is 4.50. The first kappa shape index (κ1) is 15.1. The largest absolute Gasteiger partial charge is 0.404 e. The Hall–Kier alpha value is -1.29. The molecule has 1 fully saturated rings. The number of rotatable bonds is 5. The first-order chi connectivity index (χ1) is 9.63. The third kappa shape index (κ3) is 3.63. The summed E-state index contributed by atoms with van der Waals surface area (Å²) in [6, 6.07) is 0.544. The van der Waals surface area contributed by atoms with E-state index < -0.39 is 0 Å². The van der Waals surface area contributed by atoms with E-state index in [1.807, 2.05) is 6.20 Å². The summed E-state index contributed by atoms with van der Waals surface area (Å²) < 4.78 is 2.14. The molecule has 4 nitrogen and oxygen atoms in total. The van der Waals surface area contributed by atoms with E-state index in [0.29, 0.717) is 12.0 Å². The molecule has 0 saturated carbocycles. The van der Waals surface area contributed by atoms with Crippen molar-refractivity contribution in [1.29, 1.82) is 0 Å². The molecule has 1 unspecified atom stereocenters. The van der Waals surface area contributed by atoms with Crippen molar-refractivity contribution < 1.29 is 0 Å². The quantitative estimate of drug-likeness (QED) is 0.899. The highest BCUT2D eigenvalue weighted by molar-refractivity contribution is 5.64. The van der Waals surface area contributed by atoms with Crippen molar-refractivity contribution in [3.8, 4) is 0 Å². The van der Waals surface area contributed by atoms with Crippen LogP contribution in [0.1, 0.15) is 51.1 Å². The summed E-state index contributed by atoms with van der Waals surface area (Å²) in [6.45, 7) is 6.81. The highest BCUT2D eigenvalue weighted by atomic mass is 15.3. The summed E-state index contributed by atoms with van der Waals surface area (Å²) in [5.41, 5.74) is 8.22. The molecule has 0 aliphatic carbocycles. The Kier molecular flexibility index (Phi) is 5.24. The summed E-state index contributed by atoms with van der Waals surface area (Å²) in [5.74, 6) is 0.663. The maximum absolute atomic E-state index is 5.81. The predicted molar refractivity (Wildman–Crippen MR) is 84.2 cm³/mol. The highest BCUT2D eigenvalue weighted by Crippen LogP contribution is 2.26. The van der Waals surface area contributed by atoms with Gasteiger partial charge in [0.2, 0.25) is 0 Å². The van der Waals surface area contributed by atoms with Crippen LogP contribution in [0.15, 0.2) is 18.6 Å². The second-order valence-corrected chi connectivity index (χ2v) is 6.15. The minimum Gasteiger partial charge on any atom is -0.404 e. The first-order valence-electron chi connectivity index (χ1n) is 7.77. The van der Waals surface area contributed by atoms with Crippen molar-refractivity contribution in [3.05, 3.63) is 24.2 Å². The summed E-state index contributed by atoms with van der Waals surface area (Å²) >= 11 is 0. The topological polar surface area (TPSA) is 47.1 Å². The van der Waals surface area contributed by atoms with Gasteiger partial charge in [-0.05, 0) is 57.1 Å². The van der Waals surface area contributed by atoms with Crippen LogP contribution in [0.2, 0.25) is 0 Å². The number of piperidine rings is 1. The molecule has 1 atom stereocenters. The molecule has 112 valence electrons. The average molecular weight is 276 g/mol. The molecule has 1 saturated heterocycles. The lowest BCUT2D eigenvalue weighted by atomic mass is 9.96. The Morgan fingerprint density at radius 1 is 1.50 bits per heavy atom. The average Bonchev–Trinajstić information content (AvgIpc) is 2.94. The van der Waals surface area contributed by atoms with E-state index in [9.17, 15) is 0 Å². The van der Waals surface area contributed by atoms with Crippen LogP contribution >= 0.6 is 0 Å². The lowest BCUT2D eigenvalue weighted by molar-refractivity contribution is 0.212. The second kappa shape index (κ2) is 6.93. The number of hydrogen-bond donors (Lipinski definition) is 1. The summed E-state index contributed by atoms with van der Waals surface area (Å²) in [6.07, 6.45) is 10.5. The number of likely N-dealkylation sites (tertiary alicyclic amines) is 1. The smallest absolute Gasteiger partial charge is 0.0565 e. The molecule has 20 heavy (non-hydrogen) atoms. The van der Waals surface area contributed by atoms with Gasteiger partial charge in [-0.3, -0.25) is 4.68 Å². The maximum Gasteiger partial charge on any atom is 0.0565 e. The van der Waals surface area contributed by atoms with Gasteiger partial charge in [0.15, 0.2) is 0 Å². The second-order valence-electron chi connectivity index (χ2n) is 6.15. The standard InChI is InChI=1S/C16H28N4/c1-4-13(2)9-14(10-17)15-11-18-20(12-15)16-5-7-19(3)8-6-16/h10-13,16H,4-9,17H2,1-3H3/b14-10+.